The number of hydrogen-bond acceptors (Lipinski definition) is 3. The van der Waals surface area contributed by atoms with Crippen LogP contribution in [0.4, 0.5) is 0 Å². The van der Waals surface area contributed by atoms with Crippen molar-refractivity contribution in [3.63, 3.8) is 0 Å². The second-order valence-corrected chi connectivity index (χ2v) is 3.09. The Morgan fingerprint density at radius 3 is 3.08 bits per heavy atom. The van der Waals surface area contributed by atoms with Crippen molar-refractivity contribution in [3.05, 3.63) is 23.7 Å². The van der Waals surface area contributed by atoms with Crippen molar-refractivity contribution in [1.82, 2.24) is 0 Å². The highest BCUT2D eigenvalue weighted by Crippen LogP contribution is 2.35. The summed E-state index contributed by atoms with van der Waals surface area (Å²) in [6, 6.07) is 0. The number of fused-ring (bicyclic) bond motifs is 1. The van der Waals surface area contributed by atoms with Crippen molar-refractivity contribution >= 4 is 5.97 Å². The van der Waals surface area contributed by atoms with Gasteiger partial charge in [0.1, 0.15) is 5.54 Å². The van der Waals surface area contributed by atoms with E-state index in [0.29, 0.717) is 18.4 Å². The average molecular weight is 167 g/mol. The SMILES string of the molecule is NC1(C(=O)O)CCc2cocc21. The first kappa shape index (κ1) is 7.36. The standard InChI is InChI=1S/C8H9NO3/c9-8(7(10)11)2-1-5-3-12-4-6(5)8/h3-4H,1-2,9H2,(H,10,11). The van der Waals surface area contributed by atoms with Gasteiger partial charge in [0, 0.05) is 5.56 Å². The molecule has 1 aromatic heterocycles. The summed E-state index contributed by atoms with van der Waals surface area (Å²) in [6.45, 7) is 0. The number of aliphatic carboxylic acids is 1. The molecular weight excluding hydrogens is 158 g/mol. The second-order valence-electron chi connectivity index (χ2n) is 3.09. The Morgan fingerprint density at radius 1 is 1.67 bits per heavy atom. The van der Waals surface area contributed by atoms with Crippen molar-refractivity contribution in [3.8, 4) is 0 Å². The molecular formula is C8H9NO3. The van der Waals surface area contributed by atoms with Gasteiger partial charge < -0.3 is 15.3 Å². The molecule has 0 aromatic carbocycles. The third-order valence-corrected chi connectivity index (χ3v) is 2.39. The van der Waals surface area contributed by atoms with E-state index >= 15 is 0 Å². The lowest BCUT2D eigenvalue weighted by atomic mass is 9.96. The number of furan rings is 1. The van der Waals surface area contributed by atoms with Crippen molar-refractivity contribution in [2.75, 3.05) is 0 Å². The summed E-state index contributed by atoms with van der Waals surface area (Å²) in [5, 5.41) is 8.87. The van der Waals surface area contributed by atoms with Gasteiger partial charge in [-0.1, -0.05) is 0 Å². The van der Waals surface area contributed by atoms with Crippen molar-refractivity contribution in [2.45, 2.75) is 18.4 Å². The molecule has 1 aliphatic carbocycles. The first-order valence-corrected chi connectivity index (χ1v) is 3.72. The molecule has 0 aliphatic heterocycles. The lowest BCUT2D eigenvalue weighted by molar-refractivity contribution is -0.143. The molecule has 1 heterocycles. The lowest BCUT2D eigenvalue weighted by Crippen LogP contribution is -2.42. The van der Waals surface area contributed by atoms with Crippen LogP contribution in [0.15, 0.2) is 16.9 Å². The van der Waals surface area contributed by atoms with Gasteiger partial charge in [0.2, 0.25) is 0 Å². The van der Waals surface area contributed by atoms with Crippen LogP contribution >= 0.6 is 0 Å². The van der Waals surface area contributed by atoms with Gasteiger partial charge in [0.05, 0.1) is 12.5 Å². The number of aryl methyl sites for hydroxylation is 1. The predicted octanol–water partition coefficient (Wildman–Crippen LogP) is 0.464. The Morgan fingerprint density at radius 2 is 2.42 bits per heavy atom. The van der Waals surface area contributed by atoms with E-state index in [0.717, 1.165) is 5.56 Å². The fourth-order valence-electron chi connectivity index (χ4n) is 1.60. The van der Waals surface area contributed by atoms with Gasteiger partial charge in [0.15, 0.2) is 0 Å². The monoisotopic (exact) mass is 167 g/mol. The van der Waals surface area contributed by atoms with E-state index in [9.17, 15) is 4.79 Å². The van der Waals surface area contributed by atoms with Gasteiger partial charge in [-0.05, 0) is 18.4 Å². The predicted molar refractivity (Wildman–Crippen MR) is 40.5 cm³/mol. The molecule has 0 bridgehead atoms. The van der Waals surface area contributed by atoms with E-state index in [1.54, 1.807) is 6.26 Å². The number of rotatable bonds is 1. The minimum absolute atomic E-state index is 0.462. The zero-order valence-electron chi connectivity index (χ0n) is 6.41. The molecule has 1 aliphatic rings. The molecule has 64 valence electrons. The van der Waals surface area contributed by atoms with E-state index < -0.39 is 11.5 Å². The van der Waals surface area contributed by atoms with Crippen LogP contribution in [0.5, 0.6) is 0 Å². The number of nitrogens with two attached hydrogens (primary N) is 1. The van der Waals surface area contributed by atoms with E-state index in [4.69, 9.17) is 15.3 Å². The van der Waals surface area contributed by atoms with Crippen molar-refractivity contribution in [1.29, 1.82) is 0 Å². The maximum atomic E-state index is 10.8. The van der Waals surface area contributed by atoms with Crippen LogP contribution in [0.25, 0.3) is 0 Å². The summed E-state index contributed by atoms with van der Waals surface area (Å²) in [5.41, 5.74) is 6.02. The van der Waals surface area contributed by atoms with Crippen molar-refractivity contribution < 1.29 is 14.3 Å². The first-order valence-electron chi connectivity index (χ1n) is 3.72. The molecule has 4 heteroatoms. The van der Waals surface area contributed by atoms with Crippen LogP contribution in [-0.4, -0.2) is 11.1 Å². The van der Waals surface area contributed by atoms with Gasteiger partial charge in [-0.3, -0.25) is 0 Å². The fourth-order valence-corrected chi connectivity index (χ4v) is 1.60. The largest absolute Gasteiger partial charge is 0.480 e. The van der Waals surface area contributed by atoms with E-state index in [-0.39, 0.29) is 0 Å². The molecule has 0 saturated heterocycles. The highest BCUT2D eigenvalue weighted by molar-refractivity contribution is 5.82. The Kier molecular flexibility index (Phi) is 1.29. The van der Waals surface area contributed by atoms with Crippen LogP contribution in [0.1, 0.15) is 17.5 Å². The van der Waals surface area contributed by atoms with Gasteiger partial charge in [-0.25, -0.2) is 4.79 Å². The highest BCUT2D eigenvalue weighted by Gasteiger charge is 2.43. The minimum Gasteiger partial charge on any atom is -0.480 e. The molecule has 4 nitrogen and oxygen atoms in total. The van der Waals surface area contributed by atoms with Gasteiger partial charge in [-0.2, -0.15) is 0 Å². The molecule has 3 N–H and O–H groups in total. The molecule has 1 aromatic rings. The Labute approximate surface area is 69.0 Å². The number of carboxylic acids is 1. The first-order chi connectivity index (χ1) is 5.64. The lowest BCUT2D eigenvalue weighted by Gasteiger charge is -2.17. The summed E-state index contributed by atoms with van der Waals surface area (Å²) in [7, 11) is 0. The molecule has 1 atom stereocenters. The Balaban J connectivity index is 2.51. The quantitative estimate of drug-likeness (QED) is 0.637. The van der Waals surface area contributed by atoms with Crippen LogP contribution in [-0.2, 0) is 16.8 Å². The van der Waals surface area contributed by atoms with Crippen LogP contribution in [0, 0.1) is 0 Å². The molecule has 0 amide bonds. The topological polar surface area (TPSA) is 76.5 Å². The Bertz CT molecular complexity index is 331. The second kappa shape index (κ2) is 2.10. The number of carboxylic acid groups (broad SMARTS) is 1. The van der Waals surface area contributed by atoms with Gasteiger partial charge in [0.25, 0.3) is 0 Å². The summed E-state index contributed by atoms with van der Waals surface area (Å²) < 4.78 is 4.89. The third kappa shape index (κ3) is 0.726. The molecule has 2 rings (SSSR count). The van der Waals surface area contributed by atoms with E-state index in [1.165, 1.54) is 6.26 Å². The van der Waals surface area contributed by atoms with Crippen LogP contribution < -0.4 is 5.73 Å². The number of carbonyl (C=O) groups is 1. The van der Waals surface area contributed by atoms with Gasteiger partial charge in [-0.15, -0.1) is 0 Å². The van der Waals surface area contributed by atoms with E-state index in [2.05, 4.69) is 0 Å². The summed E-state index contributed by atoms with van der Waals surface area (Å²) in [5.74, 6) is -0.984. The van der Waals surface area contributed by atoms with Crippen molar-refractivity contribution in [2.24, 2.45) is 5.73 Å². The van der Waals surface area contributed by atoms with Crippen LogP contribution in [0.3, 0.4) is 0 Å². The zero-order valence-corrected chi connectivity index (χ0v) is 6.41. The van der Waals surface area contributed by atoms with E-state index in [1.807, 2.05) is 0 Å². The molecule has 1 unspecified atom stereocenters. The number of hydrogen-bond donors (Lipinski definition) is 2. The fraction of sp³-hybridized carbons (Fsp3) is 0.375. The average Bonchev–Trinajstić information content (AvgIpc) is 2.54. The third-order valence-electron chi connectivity index (χ3n) is 2.39. The van der Waals surface area contributed by atoms with Gasteiger partial charge >= 0.3 is 5.97 Å². The normalized spacial score (nSPS) is 27.1. The highest BCUT2D eigenvalue weighted by atomic mass is 16.4. The summed E-state index contributed by atoms with van der Waals surface area (Å²) in [4.78, 5) is 10.8. The molecule has 0 radical (unpaired) electrons. The molecule has 12 heavy (non-hydrogen) atoms. The summed E-state index contributed by atoms with van der Waals surface area (Å²) in [6.07, 6.45) is 4.14. The Hall–Kier alpha value is -1.29. The smallest absolute Gasteiger partial charge is 0.328 e. The molecule has 0 saturated carbocycles. The molecule has 0 spiro atoms. The molecule has 0 fully saturated rings. The maximum absolute atomic E-state index is 10.8. The zero-order chi connectivity index (χ0) is 8.77. The minimum atomic E-state index is -1.22. The maximum Gasteiger partial charge on any atom is 0.328 e. The summed E-state index contributed by atoms with van der Waals surface area (Å²) >= 11 is 0. The van der Waals surface area contributed by atoms with Crippen LogP contribution in [0.2, 0.25) is 0 Å².